The first kappa shape index (κ1) is 27.4. The van der Waals surface area contributed by atoms with Gasteiger partial charge in [-0.1, -0.05) is 133 Å². The van der Waals surface area contributed by atoms with Crippen molar-refractivity contribution in [2.24, 2.45) is 9.98 Å². The predicted molar refractivity (Wildman–Crippen MR) is 197 cm³/mol. The minimum atomic E-state index is -0.258. The number of benzene rings is 7. The van der Waals surface area contributed by atoms with E-state index >= 15 is 0 Å². The van der Waals surface area contributed by atoms with E-state index in [1.165, 1.54) is 20.9 Å². The van der Waals surface area contributed by atoms with Crippen LogP contribution in [0.4, 0.5) is 0 Å². The smallest absolute Gasteiger partial charge is 0.159 e. The van der Waals surface area contributed by atoms with Gasteiger partial charge in [-0.15, -0.1) is 11.3 Å². The zero-order valence-corrected chi connectivity index (χ0v) is 26.2. The summed E-state index contributed by atoms with van der Waals surface area (Å²) in [4.78, 5) is 15.3. The average Bonchev–Trinajstić information content (AvgIpc) is 3.60. The van der Waals surface area contributed by atoms with Gasteiger partial charge in [-0.25, -0.2) is 15.0 Å². The van der Waals surface area contributed by atoms with E-state index in [0.29, 0.717) is 0 Å². The van der Waals surface area contributed by atoms with Gasteiger partial charge in [0.1, 0.15) is 17.0 Å². The number of hydrogen-bond acceptors (Lipinski definition) is 5. The lowest BCUT2D eigenvalue weighted by Gasteiger charge is -2.24. The molecule has 0 radical (unpaired) electrons. The van der Waals surface area contributed by atoms with Crippen LogP contribution in [0, 0.1) is 0 Å². The maximum atomic E-state index is 5.11. The molecule has 0 aliphatic carbocycles. The zero-order valence-electron chi connectivity index (χ0n) is 25.3. The molecule has 47 heavy (non-hydrogen) atoms. The van der Waals surface area contributed by atoms with Crippen molar-refractivity contribution < 1.29 is 0 Å². The number of nitrogens with zero attached hydrogens (tertiary/aromatic N) is 3. The molecule has 222 valence electrons. The second kappa shape index (κ2) is 11.5. The van der Waals surface area contributed by atoms with Crippen molar-refractivity contribution in [2.75, 3.05) is 0 Å². The van der Waals surface area contributed by atoms with Gasteiger partial charge in [-0.05, 0) is 57.1 Å². The number of rotatable bonds is 5. The van der Waals surface area contributed by atoms with Gasteiger partial charge in [-0.3, -0.25) is 0 Å². The van der Waals surface area contributed by atoms with Gasteiger partial charge in [0.25, 0.3) is 0 Å². The van der Waals surface area contributed by atoms with Crippen molar-refractivity contribution in [3.63, 3.8) is 0 Å². The van der Waals surface area contributed by atoms with Crippen molar-refractivity contribution in [3.8, 4) is 21.7 Å². The number of nitrogens with one attached hydrogen (secondary N) is 1. The molecule has 1 atom stereocenters. The summed E-state index contributed by atoms with van der Waals surface area (Å²) < 4.78 is 1.19. The van der Waals surface area contributed by atoms with Crippen molar-refractivity contribution in [2.45, 2.75) is 6.17 Å². The molecule has 9 rings (SSSR count). The maximum Gasteiger partial charge on any atom is 0.159 e. The molecule has 0 spiro atoms. The molecule has 0 saturated carbocycles. The third kappa shape index (κ3) is 5.17. The van der Waals surface area contributed by atoms with Crippen LogP contribution in [-0.2, 0) is 0 Å². The highest BCUT2D eigenvalue weighted by molar-refractivity contribution is 7.21. The van der Waals surface area contributed by atoms with Gasteiger partial charge in [0, 0.05) is 22.1 Å². The van der Waals surface area contributed by atoms with E-state index in [-0.39, 0.29) is 6.17 Å². The van der Waals surface area contributed by atoms with Gasteiger partial charge >= 0.3 is 0 Å². The van der Waals surface area contributed by atoms with E-state index in [4.69, 9.17) is 15.0 Å². The predicted octanol–water partition coefficient (Wildman–Crippen LogP) is 10.4. The van der Waals surface area contributed by atoms with Crippen LogP contribution < -0.4 is 5.32 Å². The van der Waals surface area contributed by atoms with Crippen LogP contribution in [-0.4, -0.2) is 16.7 Å². The molecule has 1 aliphatic heterocycles. The SMILES string of the molecule is c1ccc(-c2nc3c(ccc4ccc(-c5cccc(C6=NC(c7ccc8ccccc8c7)=NC(c7ccccc7)N6)c5)cc43)s2)cc1. The van der Waals surface area contributed by atoms with Crippen LogP contribution in [0.25, 0.3) is 53.5 Å². The normalized spacial score (nSPS) is 14.6. The second-order valence-electron chi connectivity index (χ2n) is 11.7. The number of fused-ring (bicyclic) bond motifs is 4. The molecule has 8 aromatic rings. The van der Waals surface area contributed by atoms with Crippen LogP contribution in [0.15, 0.2) is 168 Å². The maximum absolute atomic E-state index is 5.11. The number of amidine groups is 2. The Hall–Kier alpha value is -5.91. The lowest BCUT2D eigenvalue weighted by Crippen LogP contribution is -2.33. The fourth-order valence-corrected chi connectivity index (χ4v) is 7.29. The second-order valence-corrected chi connectivity index (χ2v) is 12.8. The minimum absolute atomic E-state index is 0.258. The van der Waals surface area contributed by atoms with E-state index in [9.17, 15) is 0 Å². The Balaban J connectivity index is 1.12. The molecule has 0 amide bonds. The largest absolute Gasteiger partial charge is 0.344 e. The summed E-state index contributed by atoms with van der Waals surface area (Å²) in [7, 11) is 0. The lowest BCUT2D eigenvalue weighted by atomic mass is 9.98. The first-order chi connectivity index (χ1) is 23.2. The Kier molecular flexibility index (Phi) is 6.69. The van der Waals surface area contributed by atoms with Gasteiger partial charge < -0.3 is 5.32 Å². The summed E-state index contributed by atoms with van der Waals surface area (Å²) in [6, 6.07) is 55.3. The van der Waals surface area contributed by atoms with E-state index in [1.54, 1.807) is 11.3 Å². The Morgan fingerprint density at radius 3 is 2.06 bits per heavy atom. The summed E-state index contributed by atoms with van der Waals surface area (Å²) in [5, 5.41) is 9.38. The number of thiazole rings is 1. The monoisotopic (exact) mass is 620 g/mol. The molecule has 1 N–H and O–H groups in total. The first-order valence-electron chi connectivity index (χ1n) is 15.7. The summed E-state index contributed by atoms with van der Waals surface area (Å²) in [5.41, 5.74) is 7.55. The molecule has 4 nitrogen and oxygen atoms in total. The van der Waals surface area contributed by atoms with Crippen molar-refractivity contribution in [1.29, 1.82) is 0 Å². The van der Waals surface area contributed by atoms with Crippen molar-refractivity contribution in [1.82, 2.24) is 10.3 Å². The molecule has 0 saturated heterocycles. The molecule has 1 unspecified atom stereocenters. The summed E-state index contributed by atoms with van der Waals surface area (Å²) in [6.45, 7) is 0. The highest BCUT2D eigenvalue weighted by atomic mass is 32.1. The number of aromatic nitrogens is 1. The summed E-state index contributed by atoms with van der Waals surface area (Å²) in [5.74, 6) is 1.52. The standard InChI is InChI=1S/C42H28N4S/c1-3-11-29(12-4-1)39-44-40(46-41(45-39)35-21-18-27-10-7-8-15-31(27)24-35)34-17-9-16-32(25-34)33-20-19-28-22-23-37-38(36(28)26-33)43-42(47-37)30-13-5-2-6-14-30/h1-26,39H,(H,44,45,46). The van der Waals surface area contributed by atoms with Crippen molar-refractivity contribution in [3.05, 3.63) is 174 Å². The van der Waals surface area contributed by atoms with Crippen LogP contribution in [0.3, 0.4) is 0 Å². The van der Waals surface area contributed by atoms with Gasteiger partial charge in [-0.2, -0.15) is 0 Å². The number of hydrogen-bond donors (Lipinski definition) is 1. The van der Waals surface area contributed by atoms with Crippen LogP contribution in [0.2, 0.25) is 0 Å². The molecule has 5 heteroatoms. The third-order valence-corrected chi connectivity index (χ3v) is 9.80. The average molecular weight is 621 g/mol. The minimum Gasteiger partial charge on any atom is -0.344 e. The Labute approximate surface area is 276 Å². The number of aliphatic imine (C=N–C) groups is 2. The molecular weight excluding hydrogens is 593 g/mol. The van der Waals surface area contributed by atoms with Crippen LogP contribution in [0.1, 0.15) is 22.9 Å². The zero-order chi connectivity index (χ0) is 31.2. The van der Waals surface area contributed by atoms with Gasteiger partial charge in [0.05, 0.1) is 10.2 Å². The molecule has 1 aromatic heterocycles. The fourth-order valence-electron chi connectivity index (χ4n) is 6.30. The molecule has 2 heterocycles. The van der Waals surface area contributed by atoms with E-state index < -0.39 is 0 Å². The van der Waals surface area contributed by atoms with Gasteiger partial charge in [0.15, 0.2) is 5.84 Å². The van der Waals surface area contributed by atoms with Crippen LogP contribution in [0.5, 0.6) is 0 Å². The van der Waals surface area contributed by atoms with E-state index in [1.807, 2.05) is 12.1 Å². The van der Waals surface area contributed by atoms with E-state index in [2.05, 4.69) is 151 Å². The summed E-state index contributed by atoms with van der Waals surface area (Å²) in [6.07, 6.45) is -0.258. The molecule has 7 aromatic carbocycles. The first-order valence-corrected chi connectivity index (χ1v) is 16.5. The Morgan fingerprint density at radius 1 is 0.511 bits per heavy atom. The van der Waals surface area contributed by atoms with Gasteiger partial charge in [0.2, 0.25) is 0 Å². The third-order valence-electron chi connectivity index (χ3n) is 8.73. The Morgan fingerprint density at radius 2 is 1.19 bits per heavy atom. The highest BCUT2D eigenvalue weighted by Gasteiger charge is 2.21. The quantitative estimate of drug-likeness (QED) is 0.208. The van der Waals surface area contributed by atoms with Crippen molar-refractivity contribution >= 4 is 54.8 Å². The molecule has 0 bridgehead atoms. The Bertz CT molecular complexity index is 2500. The van der Waals surface area contributed by atoms with E-state index in [0.717, 1.165) is 61.0 Å². The lowest BCUT2D eigenvalue weighted by molar-refractivity contribution is 0.674. The molecular formula is C42H28N4S. The fraction of sp³-hybridized carbons (Fsp3) is 0.0238. The molecule has 0 fully saturated rings. The topological polar surface area (TPSA) is 49.6 Å². The highest BCUT2D eigenvalue weighted by Crippen LogP contribution is 2.36. The summed E-state index contributed by atoms with van der Waals surface area (Å²) >= 11 is 1.74. The molecule has 1 aliphatic rings. The van der Waals surface area contributed by atoms with Crippen LogP contribution >= 0.6 is 11.3 Å².